The van der Waals surface area contributed by atoms with Gasteiger partial charge in [0.15, 0.2) is 0 Å². The van der Waals surface area contributed by atoms with Crippen LogP contribution in [0.15, 0.2) is 29.2 Å². The van der Waals surface area contributed by atoms with Gasteiger partial charge < -0.3 is 5.11 Å². The van der Waals surface area contributed by atoms with Crippen LogP contribution in [-0.4, -0.2) is 18.6 Å². The third kappa shape index (κ3) is 7.23. The number of phenolic OH excluding ortho intramolecular Hbond substituents is 1. The Morgan fingerprint density at radius 1 is 0.818 bits per heavy atom. The van der Waals surface area contributed by atoms with Gasteiger partial charge in [-0.05, 0) is 29.6 Å². The molecule has 3 heteroatoms. The molecular weight excluding hydrogens is 304 g/mol. The number of hydrogen-bond donors (Lipinski definition) is 1. The van der Waals surface area contributed by atoms with Crippen LogP contribution in [0.4, 0.5) is 0 Å². The molecule has 0 radical (unpaired) electrons. The Balaban J connectivity index is 2.72. The monoisotopic (exact) mass is 338 g/mol. The highest BCUT2D eigenvalue weighted by atomic mass is 32.2. The normalized spacial score (nSPS) is 11.8. The molecule has 0 amide bonds. The van der Waals surface area contributed by atoms with Gasteiger partial charge in [-0.1, -0.05) is 77.4 Å². The number of aromatic hydroxyl groups is 1. The molecule has 0 aromatic heterocycles. The lowest BCUT2D eigenvalue weighted by atomic mass is 10.3. The van der Waals surface area contributed by atoms with E-state index in [0.29, 0.717) is 5.75 Å². The molecule has 1 nitrogen and oxygen atoms in total. The van der Waals surface area contributed by atoms with Crippen LogP contribution in [0, 0.1) is 0 Å². The molecular formula is C19H34OSSi. The Kier molecular flexibility index (Phi) is 9.97. The molecule has 1 N–H and O–H groups in total. The summed E-state index contributed by atoms with van der Waals surface area (Å²) in [6, 6.07) is 12.3. The molecule has 0 aliphatic rings. The van der Waals surface area contributed by atoms with Crippen LogP contribution in [0.3, 0.4) is 0 Å². The second kappa shape index (κ2) is 11.2. The fraction of sp³-hybridized carbons (Fsp3) is 0.684. The average molecular weight is 339 g/mol. The summed E-state index contributed by atoms with van der Waals surface area (Å²) in [4.78, 5) is 1.32. The molecule has 1 rings (SSSR count). The second-order valence-corrected chi connectivity index (χ2v) is 13.0. The Morgan fingerprint density at radius 2 is 1.27 bits per heavy atom. The van der Waals surface area contributed by atoms with E-state index in [4.69, 9.17) is 0 Å². The minimum Gasteiger partial charge on any atom is -0.508 e. The van der Waals surface area contributed by atoms with E-state index < -0.39 is 8.07 Å². The van der Waals surface area contributed by atoms with Gasteiger partial charge in [-0.15, -0.1) is 11.8 Å². The average Bonchev–Trinajstić information content (AvgIpc) is 2.55. The van der Waals surface area contributed by atoms with E-state index in [9.17, 15) is 5.11 Å². The summed E-state index contributed by atoms with van der Waals surface area (Å²) in [6.07, 6.45) is 8.23. The van der Waals surface area contributed by atoms with Crippen LogP contribution in [0.2, 0.25) is 18.1 Å². The summed E-state index contributed by atoms with van der Waals surface area (Å²) in [5.74, 6) is 0.371. The molecule has 0 unspecified atom stereocenters. The van der Waals surface area contributed by atoms with Gasteiger partial charge in [0, 0.05) is 4.90 Å². The first-order valence-corrected chi connectivity index (χ1v) is 12.9. The highest BCUT2D eigenvalue weighted by molar-refractivity contribution is 8.01. The number of phenols is 1. The van der Waals surface area contributed by atoms with E-state index in [-0.39, 0.29) is 0 Å². The van der Waals surface area contributed by atoms with Crippen LogP contribution in [0.25, 0.3) is 0 Å². The summed E-state index contributed by atoms with van der Waals surface area (Å²) >= 11 is 2.04. The van der Waals surface area contributed by atoms with Crippen molar-refractivity contribution in [1.82, 2.24) is 0 Å². The van der Waals surface area contributed by atoms with E-state index >= 15 is 0 Å². The Hall–Kier alpha value is -0.413. The molecule has 0 aliphatic carbocycles. The Labute approximate surface area is 142 Å². The van der Waals surface area contributed by atoms with Gasteiger partial charge >= 0.3 is 0 Å². The maximum Gasteiger partial charge on any atom is 0.115 e. The molecule has 0 saturated carbocycles. The van der Waals surface area contributed by atoms with Crippen LogP contribution in [-0.2, 0) is 0 Å². The van der Waals surface area contributed by atoms with E-state index in [1.807, 2.05) is 23.9 Å². The number of unbranched alkanes of at least 4 members (excludes halogenated alkanes) is 3. The van der Waals surface area contributed by atoms with Gasteiger partial charge in [0.1, 0.15) is 5.75 Å². The lowest BCUT2D eigenvalue weighted by Crippen LogP contribution is -2.37. The highest BCUT2D eigenvalue weighted by Crippen LogP contribution is 2.34. The second-order valence-electron chi connectivity index (χ2n) is 6.59. The topological polar surface area (TPSA) is 20.2 Å². The van der Waals surface area contributed by atoms with Gasteiger partial charge in [-0.3, -0.25) is 0 Å². The van der Waals surface area contributed by atoms with E-state index in [0.717, 1.165) is 0 Å². The summed E-state index contributed by atoms with van der Waals surface area (Å²) < 4.78 is 0. The quantitative estimate of drug-likeness (QED) is 0.331. The van der Waals surface area contributed by atoms with E-state index in [1.54, 1.807) is 0 Å². The van der Waals surface area contributed by atoms with E-state index in [2.05, 4.69) is 32.9 Å². The van der Waals surface area contributed by atoms with E-state index in [1.165, 1.54) is 66.9 Å². The van der Waals surface area contributed by atoms with Crippen molar-refractivity contribution in [3.05, 3.63) is 24.3 Å². The molecule has 0 fully saturated rings. The molecule has 0 saturated heterocycles. The van der Waals surface area contributed by atoms with Crippen molar-refractivity contribution in [3.8, 4) is 5.75 Å². The summed E-state index contributed by atoms with van der Waals surface area (Å²) in [5, 5.41) is 10.8. The predicted molar refractivity (Wildman–Crippen MR) is 104 cm³/mol. The van der Waals surface area contributed by atoms with Crippen LogP contribution in [0.5, 0.6) is 5.75 Å². The van der Waals surface area contributed by atoms with Gasteiger partial charge in [0.05, 0.1) is 8.07 Å². The van der Waals surface area contributed by atoms with Crippen molar-refractivity contribution in [2.24, 2.45) is 0 Å². The summed E-state index contributed by atoms with van der Waals surface area (Å²) in [7, 11) is -1.15. The summed E-state index contributed by atoms with van der Waals surface area (Å²) in [5.41, 5.74) is 0. The standard InChI is InChI=1S/C19H34OSSi/c1-4-7-14-22(15-8-5-2,16-9-6-3)17-21-19-12-10-18(20)11-13-19/h10-13,20H,4-9,14-17H2,1-3H3. The predicted octanol–water partition coefficient (Wildman–Crippen LogP) is 6.87. The molecule has 22 heavy (non-hydrogen) atoms. The van der Waals surface area contributed by atoms with Crippen molar-refractivity contribution in [2.75, 3.05) is 5.38 Å². The number of thioether (sulfide) groups is 1. The van der Waals surface area contributed by atoms with Crippen LogP contribution >= 0.6 is 11.8 Å². The zero-order chi connectivity index (χ0) is 16.3. The Bertz CT molecular complexity index is 369. The fourth-order valence-electron chi connectivity index (χ4n) is 3.03. The SMILES string of the molecule is CCCC[Si](CCCC)(CCCC)CSc1ccc(O)cc1. The molecule has 126 valence electrons. The minimum atomic E-state index is -1.15. The molecule has 1 aromatic carbocycles. The van der Waals surface area contributed by atoms with Gasteiger partial charge in [-0.25, -0.2) is 0 Å². The number of benzene rings is 1. The highest BCUT2D eigenvalue weighted by Gasteiger charge is 2.30. The molecule has 1 aromatic rings. The number of hydrogen-bond acceptors (Lipinski definition) is 2. The largest absolute Gasteiger partial charge is 0.508 e. The Morgan fingerprint density at radius 3 is 1.68 bits per heavy atom. The van der Waals surface area contributed by atoms with Crippen molar-refractivity contribution >= 4 is 19.8 Å². The third-order valence-electron chi connectivity index (χ3n) is 4.56. The first-order chi connectivity index (χ1) is 10.7. The van der Waals surface area contributed by atoms with Gasteiger partial charge in [0.25, 0.3) is 0 Å². The molecule has 0 spiro atoms. The van der Waals surface area contributed by atoms with Gasteiger partial charge in [0.2, 0.25) is 0 Å². The lowest BCUT2D eigenvalue weighted by molar-refractivity contribution is 0.475. The van der Waals surface area contributed by atoms with Crippen molar-refractivity contribution in [2.45, 2.75) is 82.3 Å². The molecule has 0 heterocycles. The summed E-state index contributed by atoms with van der Waals surface area (Å²) in [6.45, 7) is 6.98. The van der Waals surface area contributed by atoms with Crippen LogP contribution < -0.4 is 0 Å². The maximum absolute atomic E-state index is 9.43. The van der Waals surface area contributed by atoms with Crippen LogP contribution in [0.1, 0.15) is 59.3 Å². The van der Waals surface area contributed by atoms with Crippen molar-refractivity contribution in [1.29, 1.82) is 0 Å². The zero-order valence-corrected chi connectivity index (χ0v) is 16.6. The van der Waals surface area contributed by atoms with Crippen molar-refractivity contribution < 1.29 is 5.11 Å². The van der Waals surface area contributed by atoms with Gasteiger partial charge in [-0.2, -0.15) is 0 Å². The fourth-order valence-corrected chi connectivity index (χ4v) is 11.0. The smallest absolute Gasteiger partial charge is 0.115 e. The molecule has 0 bridgehead atoms. The van der Waals surface area contributed by atoms with Crippen molar-refractivity contribution in [3.63, 3.8) is 0 Å². The maximum atomic E-state index is 9.43. The first kappa shape index (κ1) is 19.6. The minimum absolute atomic E-state index is 0.371. The third-order valence-corrected chi connectivity index (χ3v) is 12.4. The molecule has 0 atom stereocenters. The zero-order valence-electron chi connectivity index (χ0n) is 14.7. The lowest BCUT2D eigenvalue weighted by Gasteiger charge is -2.32. The number of rotatable bonds is 12. The molecule has 0 aliphatic heterocycles. The first-order valence-electron chi connectivity index (χ1n) is 9.07.